The lowest BCUT2D eigenvalue weighted by Crippen LogP contribution is -2.22. The first-order valence-electron chi connectivity index (χ1n) is 7.17. The van der Waals surface area contributed by atoms with Gasteiger partial charge in [0.15, 0.2) is 5.96 Å². The van der Waals surface area contributed by atoms with Gasteiger partial charge in [-0.1, -0.05) is 11.6 Å². The summed E-state index contributed by atoms with van der Waals surface area (Å²) in [4.78, 5) is 4.37. The van der Waals surface area contributed by atoms with E-state index < -0.39 is 0 Å². The van der Waals surface area contributed by atoms with Crippen molar-refractivity contribution >= 4 is 11.6 Å². The third kappa shape index (κ3) is 4.61. The van der Waals surface area contributed by atoms with Gasteiger partial charge in [-0.3, -0.25) is 4.99 Å². The SMILES string of the molecule is COc1ccc(NC(N)=NCCC2=CCCCC2)cc1. The Balaban J connectivity index is 1.79. The molecule has 0 aliphatic heterocycles. The maximum absolute atomic E-state index is 5.88. The number of benzene rings is 1. The van der Waals surface area contributed by atoms with E-state index in [1.807, 2.05) is 24.3 Å². The minimum atomic E-state index is 0.464. The summed E-state index contributed by atoms with van der Waals surface area (Å²) in [7, 11) is 1.65. The molecule has 0 amide bonds. The zero-order valence-electron chi connectivity index (χ0n) is 12.1. The molecule has 3 N–H and O–H groups in total. The Morgan fingerprint density at radius 2 is 2.10 bits per heavy atom. The molecule has 4 nitrogen and oxygen atoms in total. The maximum atomic E-state index is 5.88. The van der Waals surface area contributed by atoms with Gasteiger partial charge in [-0.15, -0.1) is 0 Å². The summed E-state index contributed by atoms with van der Waals surface area (Å²) in [6.45, 7) is 0.751. The molecule has 1 aromatic carbocycles. The Bertz CT molecular complexity index is 477. The molecular weight excluding hydrogens is 250 g/mol. The first-order chi connectivity index (χ1) is 9.78. The summed E-state index contributed by atoms with van der Waals surface area (Å²) < 4.78 is 5.11. The molecule has 108 valence electrons. The Labute approximate surface area is 120 Å². The van der Waals surface area contributed by atoms with Crippen molar-refractivity contribution in [3.63, 3.8) is 0 Å². The van der Waals surface area contributed by atoms with Gasteiger partial charge in [0.2, 0.25) is 0 Å². The summed E-state index contributed by atoms with van der Waals surface area (Å²) >= 11 is 0. The van der Waals surface area contributed by atoms with Crippen LogP contribution < -0.4 is 15.8 Å². The quantitative estimate of drug-likeness (QED) is 0.491. The third-order valence-electron chi connectivity index (χ3n) is 3.46. The van der Waals surface area contributed by atoms with E-state index in [-0.39, 0.29) is 0 Å². The van der Waals surface area contributed by atoms with Gasteiger partial charge in [-0.05, 0) is 56.4 Å². The second-order valence-corrected chi connectivity index (χ2v) is 4.98. The van der Waals surface area contributed by atoms with Crippen LogP contribution in [0, 0.1) is 0 Å². The number of ether oxygens (including phenoxy) is 1. The number of nitrogens with one attached hydrogen (secondary N) is 1. The van der Waals surface area contributed by atoms with Crippen LogP contribution in [0.5, 0.6) is 5.75 Å². The molecule has 1 aliphatic rings. The lowest BCUT2D eigenvalue weighted by atomic mass is 9.97. The number of aliphatic imine (C=N–C) groups is 1. The highest BCUT2D eigenvalue weighted by Gasteiger charge is 2.03. The molecule has 0 aromatic heterocycles. The lowest BCUT2D eigenvalue weighted by Gasteiger charge is -2.11. The van der Waals surface area contributed by atoms with E-state index in [2.05, 4.69) is 16.4 Å². The molecule has 2 rings (SSSR count). The molecule has 1 aliphatic carbocycles. The van der Waals surface area contributed by atoms with Crippen LogP contribution in [0.4, 0.5) is 5.69 Å². The Morgan fingerprint density at radius 3 is 2.75 bits per heavy atom. The summed E-state index contributed by atoms with van der Waals surface area (Å²) in [6, 6.07) is 7.63. The van der Waals surface area contributed by atoms with Gasteiger partial charge in [-0.25, -0.2) is 0 Å². The molecule has 4 heteroatoms. The van der Waals surface area contributed by atoms with E-state index in [0.717, 1.165) is 24.4 Å². The minimum Gasteiger partial charge on any atom is -0.497 e. The fourth-order valence-electron chi connectivity index (χ4n) is 2.31. The molecule has 0 saturated heterocycles. The van der Waals surface area contributed by atoms with Crippen LogP contribution in [0.25, 0.3) is 0 Å². The summed E-state index contributed by atoms with van der Waals surface area (Å²) in [5, 5.41) is 3.08. The van der Waals surface area contributed by atoms with E-state index >= 15 is 0 Å². The number of anilines is 1. The van der Waals surface area contributed by atoms with Crippen molar-refractivity contribution in [1.82, 2.24) is 0 Å². The zero-order chi connectivity index (χ0) is 14.2. The van der Waals surface area contributed by atoms with Crippen molar-refractivity contribution < 1.29 is 4.74 Å². The first-order valence-corrected chi connectivity index (χ1v) is 7.17. The van der Waals surface area contributed by atoms with E-state index in [4.69, 9.17) is 10.5 Å². The van der Waals surface area contributed by atoms with Gasteiger partial charge < -0.3 is 15.8 Å². The van der Waals surface area contributed by atoms with Crippen LogP contribution in [0.3, 0.4) is 0 Å². The maximum Gasteiger partial charge on any atom is 0.193 e. The minimum absolute atomic E-state index is 0.464. The standard InChI is InChI=1S/C16H23N3O/c1-20-15-9-7-14(8-10-15)19-16(17)18-12-11-13-5-3-2-4-6-13/h5,7-10H,2-4,6,11-12H2,1H3,(H3,17,18,19). The number of allylic oxidation sites excluding steroid dienone is 1. The highest BCUT2D eigenvalue weighted by molar-refractivity contribution is 5.92. The molecule has 0 heterocycles. The number of hydrogen-bond donors (Lipinski definition) is 2. The zero-order valence-corrected chi connectivity index (χ0v) is 12.1. The molecule has 0 atom stereocenters. The van der Waals surface area contributed by atoms with Crippen LogP contribution in [0.1, 0.15) is 32.1 Å². The molecule has 0 spiro atoms. The molecule has 0 radical (unpaired) electrons. The lowest BCUT2D eigenvalue weighted by molar-refractivity contribution is 0.415. The molecule has 0 saturated carbocycles. The molecule has 0 fully saturated rings. The van der Waals surface area contributed by atoms with Crippen molar-refractivity contribution in [2.45, 2.75) is 32.1 Å². The Hall–Kier alpha value is -1.97. The summed E-state index contributed by atoms with van der Waals surface area (Å²) in [6.07, 6.45) is 8.46. The van der Waals surface area contributed by atoms with Crippen molar-refractivity contribution in [3.8, 4) is 5.75 Å². The van der Waals surface area contributed by atoms with Crippen LogP contribution in [0.15, 0.2) is 40.9 Å². The normalized spacial score (nSPS) is 15.7. The highest BCUT2D eigenvalue weighted by atomic mass is 16.5. The number of nitrogens with zero attached hydrogens (tertiary/aromatic N) is 1. The van der Waals surface area contributed by atoms with E-state index in [0.29, 0.717) is 5.96 Å². The Kier molecular flexibility index (Phi) is 5.47. The Morgan fingerprint density at radius 1 is 1.30 bits per heavy atom. The average Bonchev–Trinajstić information content (AvgIpc) is 2.49. The smallest absolute Gasteiger partial charge is 0.193 e. The van der Waals surface area contributed by atoms with Crippen LogP contribution in [-0.4, -0.2) is 19.6 Å². The van der Waals surface area contributed by atoms with E-state index in [1.54, 1.807) is 7.11 Å². The van der Waals surface area contributed by atoms with Crippen LogP contribution in [-0.2, 0) is 0 Å². The monoisotopic (exact) mass is 273 g/mol. The van der Waals surface area contributed by atoms with Crippen molar-refractivity contribution in [2.75, 3.05) is 19.0 Å². The fraction of sp³-hybridized carbons (Fsp3) is 0.438. The fourth-order valence-corrected chi connectivity index (χ4v) is 2.31. The predicted octanol–water partition coefficient (Wildman–Crippen LogP) is 3.31. The molecular formula is C16H23N3O. The first kappa shape index (κ1) is 14.4. The molecule has 0 unspecified atom stereocenters. The van der Waals surface area contributed by atoms with Gasteiger partial charge in [0.1, 0.15) is 5.75 Å². The second kappa shape index (κ2) is 7.58. The number of guanidine groups is 1. The van der Waals surface area contributed by atoms with Gasteiger partial charge in [0, 0.05) is 12.2 Å². The van der Waals surface area contributed by atoms with E-state index in [9.17, 15) is 0 Å². The largest absolute Gasteiger partial charge is 0.497 e. The van der Waals surface area contributed by atoms with Crippen LogP contribution in [0.2, 0.25) is 0 Å². The summed E-state index contributed by atoms with van der Waals surface area (Å²) in [5.41, 5.74) is 8.33. The van der Waals surface area contributed by atoms with Crippen molar-refractivity contribution in [1.29, 1.82) is 0 Å². The molecule has 20 heavy (non-hydrogen) atoms. The number of rotatable bonds is 5. The van der Waals surface area contributed by atoms with Gasteiger partial charge in [0.05, 0.1) is 7.11 Å². The number of nitrogens with two attached hydrogens (primary N) is 1. The van der Waals surface area contributed by atoms with Crippen molar-refractivity contribution in [2.24, 2.45) is 10.7 Å². The van der Waals surface area contributed by atoms with E-state index in [1.165, 1.54) is 31.3 Å². The highest BCUT2D eigenvalue weighted by Crippen LogP contribution is 2.20. The second-order valence-electron chi connectivity index (χ2n) is 4.98. The molecule has 1 aromatic rings. The van der Waals surface area contributed by atoms with Gasteiger partial charge in [-0.2, -0.15) is 0 Å². The van der Waals surface area contributed by atoms with Gasteiger partial charge in [0.25, 0.3) is 0 Å². The number of hydrogen-bond acceptors (Lipinski definition) is 2. The third-order valence-corrected chi connectivity index (χ3v) is 3.46. The predicted molar refractivity (Wildman–Crippen MR) is 84.3 cm³/mol. The summed E-state index contributed by atoms with van der Waals surface area (Å²) in [5.74, 6) is 1.29. The average molecular weight is 273 g/mol. The number of methoxy groups -OCH3 is 1. The van der Waals surface area contributed by atoms with Crippen molar-refractivity contribution in [3.05, 3.63) is 35.9 Å². The topological polar surface area (TPSA) is 59.6 Å². The van der Waals surface area contributed by atoms with Crippen LogP contribution >= 0.6 is 0 Å². The molecule has 0 bridgehead atoms. The van der Waals surface area contributed by atoms with Gasteiger partial charge >= 0.3 is 0 Å².